The number of hydrogen-bond acceptors (Lipinski definition) is 2. The SMILES string of the molecule is CC(C)N(C(C)C)C1CCCC1(C)O. The predicted molar refractivity (Wildman–Crippen MR) is 60.4 cm³/mol. The van der Waals surface area contributed by atoms with Crippen LogP contribution in [0.1, 0.15) is 53.9 Å². The van der Waals surface area contributed by atoms with E-state index >= 15 is 0 Å². The first-order valence-electron chi connectivity index (χ1n) is 5.86. The second-order valence-electron chi connectivity index (χ2n) is 5.40. The highest BCUT2D eigenvalue weighted by Crippen LogP contribution is 2.35. The molecule has 1 aliphatic carbocycles. The average Bonchev–Trinajstić information content (AvgIpc) is 2.29. The zero-order valence-electron chi connectivity index (χ0n) is 10.2. The molecule has 0 spiro atoms. The zero-order chi connectivity index (χ0) is 10.9. The normalized spacial score (nSPS) is 33.6. The van der Waals surface area contributed by atoms with E-state index in [1.807, 2.05) is 6.92 Å². The predicted octanol–water partition coefficient (Wildman–Crippen LogP) is 2.41. The molecule has 2 heteroatoms. The molecule has 0 radical (unpaired) electrons. The lowest BCUT2D eigenvalue weighted by molar-refractivity contribution is -0.0367. The Bertz CT molecular complexity index is 179. The Morgan fingerprint density at radius 2 is 1.71 bits per heavy atom. The number of hydrogen-bond donors (Lipinski definition) is 1. The van der Waals surface area contributed by atoms with Crippen molar-refractivity contribution in [3.05, 3.63) is 0 Å². The maximum absolute atomic E-state index is 10.3. The molecule has 0 aromatic carbocycles. The number of rotatable bonds is 3. The summed E-state index contributed by atoms with van der Waals surface area (Å²) in [6.45, 7) is 10.9. The van der Waals surface area contributed by atoms with Gasteiger partial charge in [0.25, 0.3) is 0 Å². The van der Waals surface area contributed by atoms with E-state index in [1.54, 1.807) is 0 Å². The van der Waals surface area contributed by atoms with Crippen molar-refractivity contribution in [2.75, 3.05) is 0 Å². The summed E-state index contributed by atoms with van der Waals surface area (Å²) in [7, 11) is 0. The van der Waals surface area contributed by atoms with Gasteiger partial charge < -0.3 is 5.11 Å². The third kappa shape index (κ3) is 2.29. The van der Waals surface area contributed by atoms with Crippen LogP contribution in [-0.4, -0.2) is 33.7 Å². The molecule has 14 heavy (non-hydrogen) atoms. The van der Waals surface area contributed by atoms with Crippen LogP contribution in [0.3, 0.4) is 0 Å². The lowest BCUT2D eigenvalue weighted by Gasteiger charge is -2.41. The Morgan fingerprint density at radius 1 is 1.21 bits per heavy atom. The van der Waals surface area contributed by atoms with Gasteiger partial charge in [-0.3, -0.25) is 4.90 Å². The van der Waals surface area contributed by atoms with Crippen molar-refractivity contribution < 1.29 is 5.11 Å². The summed E-state index contributed by atoms with van der Waals surface area (Å²) in [5, 5.41) is 10.3. The Balaban J connectivity index is 2.78. The van der Waals surface area contributed by atoms with Crippen LogP contribution in [0.5, 0.6) is 0 Å². The van der Waals surface area contributed by atoms with Gasteiger partial charge >= 0.3 is 0 Å². The van der Waals surface area contributed by atoms with Gasteiger partial charge in [-0.2, -0.15) is 0 Å². The second-order valence-corrected chi connectivity index (χ2v) is 5.40. The van der Waals surface area contributed by atoms with Gasteiger partial charge in [-0.1, -0.05) is 0 Å². The maximum Gasteiger partial charge on any atom is 0.0774 e. The maximum atomic E-state index is 10.3. The van der Waals surface area contributed by atoms with Crippen molar-refractivity contribution >= 4 is 0 Å². The standard InChI is InChI=1S/C12H25NO/c1-9(2)13(10(3)4)11-7-6-8-12(11,5)14/h9-11,14H,6-8H2,1-5H3. The van der Waals surface area contributed by atoms with Gasteiger partial charge in [0.15, 0.2) is 0 Å². The smallest absolute Gasteiger partial charge is 0.0774 e. The molecular weight excluding hydrogens is 174 g/mol. The molecule has 0 aromatic heterocycles. The van der Waals surface area contributed by atoms with Crippen molar-refractivity contribution in [1.82, 2.24) is 4.90 Å². The number of nitrogens with zero attached hydrogens (tertiary/aromatic N) is 1. The topological polar surface area (TPSA) is 23.5 Å². The van der Waals surface area contributed by atoms with E-state index in [0.717, 1.165) is 19.3 Å². The summed E-state index contributed by atoms with van der Waals surface area (Å²) in [6, 6.07) is 1.39. The van der Waals surface area contributed by atoms with Crippen LogP contribution in [0.15, 0.2) is 0 Å². The largest absolute Gasteiger partial charge is 0.389 e. The quantitative estimate of drug-likeness (QED) is 0.754. The average molecular weight is 199 g/mol. The lowest BCUT2D eigenvalue weighted by atomic mass is 9.96. The molecule has 0 saturated heterocycles. The second kappa shape index (κ2) is 4.19. The van der Waals surface area contributed by atoms with Crippen molar-refractivity contribution in [3.8, 4) is 0 Å². The minimum absolute atomic E-state index is 0.350. The van der Waals surface area contributed by atoms with Gasteiger partial charge in [0.1, 0.15) is 0 Å². The van der Waals surface area contributed by atoms with Crippen LogP contribution in [0.25, 0.3) is 0 Å². The van der Waals surface area contributed by atoms with E-state index in [2.05, 4.69) is 32.6 Å². The van der Waals surface area contributed by atoms with Gasteiger partial charge in [-0.25, -0.2) is 0 Å². The molecule has 1 saturated carbocycles. The van der Waals surface area contributed by atoms with E-state index in [4.69, 9.17) is 0 Å². The molecule has 2 unspecified atom stereocenters. The third-order valence-corrected chi connectivity index (χ3v) is 3.43. The first kappa shape index (κ1) is 12.0. The van der Waals surface area contributed by atoms with Crippen LogP contribution in [-0.2, 0) is 0 Å². The minimum atomic E-state index is -0.478. The summed E-state index contributed by atoms with van der Waals surface area (Å²) >= 11 is 0. The molecule has 0 heterocycles. The van der Waals surface area contributed by atoms with Crippen LogP contribution in [0.2, 0.25) is 0 Å². The Labute approximate surface area is 88.3 Å². The molecule has 1 rings (SSSR count). The zero-order valence-corrected chi connectivity index (χ0v) is 10.2. The Morgan fingerprint density at radius 3 is 2.00 bits per heavy atom. The van der Waals surface area contributed by atoms with Crippen molar-refractivity contribution in [3.63, 3.8) is 0 Å². The molecular formula is C12H25NO. The van der Waals surface area contributed by atoms with E-state index in [1.165, 1.54) is 0 Å². The molecule has 2 atom stereocenters. The van der Waals surface area contributed by atoms with Gasteiger partial charge in [0, 0.05) is 18.1 Å². The highest BCUT2D eigenvalue weighted by molar-refractivity contribution is 4.97. The van der Waals surface area contributed by atoms with Gasteiger partial charge in [0.2, 0.25) is 0 Å². The fourth-order valence-electron chi connectivity index (χ4n) is 2.92. The van der Waals surface area contributed by atoms with Crippen LogP contribution >= 0.6 is 0 Å². The van der Waals surface area contributed by atoms with Crippen LogP contribution < -0.4 is 0 Å². The Kier molecular flexibility index (Phi) is 3.59. The van der Waals surface area contributed by atoms with Gasteiger partial charge in [-0.05, 0) is 53.9 Å². The van der Waals surface area contributed by atoms with Crippen molar-refractivity contribution in [2.24, 2.45) is 0 Å². The van der Waals surface area contributed by atoms with Crippen molar-refractivity contribution in [2.45, 2.75) is 77.6 Å². The van der Waals surface area contributed by atoms with E-state index in [0.29, 0.717) is 18.1 Å². The molecule has 1 N–H and O–H groups in total. The van der Waals surface area contributed by atoms with E-state index < -0.39 is 5.60 Å². The molecule has 0 amide bonds. The molecule has 1 fully saturated rings. The first-order chi connectivity index (χ1) is 6.36. The minimum Gasteiger partial charge on any atom is -0.389 e. The summed E-state index contributed by atoms with van der Waals surface area (Å²) in [4.78, 5) is 2.45. The highest BCUT2D eigenvalue weighted by atomic mass is 16.3. The van der Waals surface area contributed by atoms with Gasteiger partial charge in [0.05, 0.1) is 5.60 Å². The summed E-state index contributed by atoms with van der Waals surface area (Å²) < 4.78 is 0. The fraction of sp³-hybridized carbons (Fsp3) is 1.00. The van der Waals surface area contributed by atoms with Gasteiger partial charge in [-0.15, -0.1) is 0 Å². The summed E-state index contributed by atoms with van der Waals surface area (Å²) in [5.74, 6) is 0. The fourth-order valence-corrected chi connectivity index (χ4v) is 2.92. The number of aliphatic hydroxyl groups is 1. The molecule has 84 valence electrons. The Hall–Kier alpha value is -0.0800. The van der Waals surface area contributed by atoms with E-state index in [9.17, 15) is 5.11 Å². The molecule has 2 nitrogen and oxygen atoms in total. The summed E-state index contributed by atoms with van der Waals surface area (Å²) in [5.41, 5.74) is -0.478. The monoisotopic (exact) mass is 199 g/mol. The van der Waals surface area contributed by atoms with E-state index in [-0.39, 0.29) is 0 Å². The first-order valence-corrected chi connectivity index (χ1v) is 5.86. The molecule has 1 aliphatic rings. The van der Waals surface area contributed by atoms with Crippen molar-refractivity contribution in [1.29, 1.82) is 0 Å². The van der Waals surface area contributed by atoms with Crippen LogP contribution in [0, 0.1) is 0 Å². The molecule has 0 bridgehead atoms. The lowest BCUT2D eigenvalue weighted by Crippen LogP contribution is -2.53. The third-order valence-electron chi connectivity index (χ3n) is 3.43. The van der Waals surface area contributed by atoms with Crippen LogP contribution in [0.4, 0.5) is 0 Å². The highest BCUT2D eigenvalue weighted by Gasteiger charge is 2.41. The summed E-state index contributed by atoms with van der Waals surface area (Å²) in [6.07, 6.45) is 3.25. The molecule has 0 aliphatic heterocycles. The molecule has 0 aromatic rings.